The van der Waals surface area contributed by atoms with Crippen LogP contribution in [0.4, 0.5) is 0 Å². The van der Waals surface area contributed by atoms with Crippen LogP contribution >= 0.6 is 0 Å². The molecule has 2 heterocycles. The smallest absolute Gasteiger partial charge is 0.0404 e. The molecule has 0 saturated heterocycles. The Balaban J connectivity index is 0.000000509. The van der Waals surface area contributed by atoms with Crippen molar-refractivity contribution < 1.29 is 0 Å². The van der Waals surface area contributed by atoms with Gasteiger partial charge in [0.1, 0.15) is 0 Å². The second-order valence-corrected chi connectivity index (χ2v) is 3.47. The van der Waals surface area contributed by atoms with E-state index < -0.39 is 0 Å². The molecule has 0 bridgehead atoms. The molecule has 0 spiro atoms. The molecule has 1 aromatic rings. The average Bonchev–Trinajstić information content (AvgIpc) is 2.73. The van der Waals surface area contributed by atoms with Gasteiger partial charge in [0.25, 0.3) is 0 Å². The first-order valence-corrected chi connectivity index (χ1v) is 6.45. The summed E-state index contributed by atoms with van der Waals surface area (Å²) < 4.78 is 0. The van der Waals surface area contributed by atoms with Gasteiger partial charge in [0.05, 0.1) is 0 Å². The van der Waals surface area contributed by atoms with Crippen LogP contribution in [0.5, 0.6) is 0 Å². The molecule has 0 aromatic carbocycles. The van der Waals surface area contributed by atoms with Crippen LogP contribution in [0.15, 0.2) is 12.3 Å². The van der Waals surface area contributed by atoms with Crippen molar-refractivity contribution in [2.45, 2.75) is 54.1 Å². The Bertz CT molecular complexity index is 295. The molecule has 0 amide bonds. The summed E-state index contributed by atoms with van der Waals surface area (Å²) in [4.78, 5) is 6.69. The third kappa shape index (κ3) is 3.93. The van der Waals surface area contributed by atoms with Crippen molar-refractivity contribution in [1.29, 1.82) is 0 Å². The highest BCUT2D eigenvalue weighted by atomic mass is 15.1. The number of pyridine rings is 1. The van der Waals surface area contributed by atoms with Crippen LogP contribution in [0.1, 0.15) is 51.4 Å². The molecule has 0 atom stereocenters. The van der Waals surface area contributed by atoms with Gasteiger partial charge >= 0.3 is 0 Å². The maximum atomic E-state index is 4.38. The number of aryl methyl sites for hydroxylation is 1. The van der Waals surface area contributed by atoms with Gasteiger partial charge in [-0.1, -0.05) is 34.6 Å². The minimum absolute atomic E-state index is 1.04. The third-order valence-electron chi connectivity index (χ3n) is 2.38. The van der Waals surface area contributed by atoms with Gasteiger partial charge in [0.15, 0.2) is 0 Å². The first kappa shape index (κ1) is 15.1. The summed E-state index contributed by atoms with van der Waals surface area (Å²) in [5.74, 6) is 0. The van der Waals surface area contributed by atoms with Crippen molar-refractivity contribution in [2.24, 2.45) is 0 Å². The van der Waals surface area contributed by atoms with E-state index in [0.29, 0.717) is 0 Å². The molecule has 2 heteroatoms. The number of aromatic nitrogens is 1. The van der Waals surface area contributed by atoms with E-state index in [-0.39, 0.29) is 0 Å². The van der Waals surface area contributed by atoms with E-state index in [4.69, 9.17) is 0 Å². The van der Waals surface area contributed by atoms with Crippen molar-refractivity contribution in [1.82, 2.24) is 9.88 Å². The highest BCUT2D eigenvalue weighted by Crippen LogP contribution is 2.20. The summed E-state index contributed by atoms with van der Waals surface area (Å²) in [5.41, 5.74) is 4.07. The normalized spacial score (nSPS) is 13.1. The van der Waals surface area contributed by atoms with Gasteiger partial charge < -0.3 is 0 Å². The fraction of sp³-hybridized carbons (Fsp3) is 0.643. The predicted molar refractivity (Wildman–Crippen MR) is 71.5 cm³/mol. The topological polar surface area (TPSA) is 16.1 Å². The first-order valence-electron chi connectivity index (χ1n) is 6.45. The van der Waals surface area contributed by atoms with Crippen molar-refractivity contribution in [3.05, 3.63) is 29.1 Å². The third-order valence-corrected chi connectivity index (χ3v) is 2.38. The molecular weight excluding hydrogens is 196 g/mol. The molecule has 0 saturated carbocycles. The summed E-state index contributed by atoms with van der Waals surface area (Å²) in [6, 6.07) is 2.23. The van der Waals surface area contributed by atoms with Crippen molar-refractivity contribution in [2.75, 3.05) is 7.05 Å². The lowest BCUT2D eigenvalue weighted by Gasteiger charge is -2.02. The number of hydrogen-bond acceptors (Lipinski definition) is 2. The Kier molecular flexibility index (Phi) is 7.82. The fourth-order valence-corrected chi connectivity index (χ4v) is 1.70. The molecule has 2 nitrogen and oxygen atoms in total. The minimum Gasteiger partial charge on any atom is -0.298 e. The molecule has 1 aromatic heterocycles. The number of nitrogens with zero attached hydrogens (tertiary/aromatic N) is 2. The van der Waals surface area contributed by atoms with Gasteiger partial charge in [-0.3, -0.25) is 9.88 Å². The van der Waals surface area contributed by atoms with Crippen LogP contribution in [0, 0.1) is 0 Å². The van der Waals surface area contributed by atoms with Crippen LogP contribution in [0.2, 0.25) is 0 Å². The van der Waals surface area contributed by atoms with Crippen LogP contribution in [0.3, 0.4) is 0 Å². The lowest BCUT2D eigenvalue weighted by Crippen LogP contribution is -2.07. The largest absolute Gasteiger partial charge is 0.298 e. The van der Waals surface area contributed by atoms with E-state index in [1.165, 1.54) is 16.8 Å². The molecule has 2 rings (SSSR count). The average molecular weight is 222 g/mol. The molecular formula is C14H26N2. The van der Waals surface area contributed by atoms with Gasteiger partial charge in [-0.15, -0.1) is 0 Å². The summed E-state index contributed by atoms with van der Waals surface area (Å²) in [7, 11) is 2.14. The summed E-state index contributed by atoms with van der Waals surface area (Å²) in [6.45, 7) is 12.3. The second kappa shape index (κ2) is 8.28. The highest BCUT2D eigenvalue weighted by Gasteiger charge is 2.15. The van der Waals surface area contributed by atoms with Crippen LogP contribution in [0.25, 0.3) is 0 Å². The van der Waals surface area contributed by atoms with Crippen LogP contribution in [-0.2, 0) is 19.5 Å². The van der Waals surface area contributed by atoms with E-state index in [2.05, 4.69) is 29.9 Å². The summed E-state index contributed by atoms with van der Waals surface area (Å²) in [6.07, 6.45) is 3.06. The van der Waals surface area contributed by atoms with Gasteiger partial charge in [0.2, 0.25) is 0 Å². The monoisotopic (exact) mass is 222 g/mol. The van der Waals surface area contributed by atoms with Gasteiger partial charge in [-0.05, 0) is 30.7 Å². The Morgan fingerprint density at radius 2 is 1.69 bits per heavy atom. The van der Waals surface area contributed by atoms with Crippen LogP contribution in [-0.4, -0.2) is 16.9 Å². The standard InChI is InChI=1S/C10H14N2.2C2H6/c1-3-10-4-8-6-12(2)7-9(8)5-11-10;2*1-2/h4-5H,3,6-7H2,1-2H3;2*1-2H3. The lowest BCUT2D eigenvalue weighted by molar-refractivity contribution is 0.353. The Morgan fingerprint density at radius 3 is 2.25 bits per heavy atom. The zero-order chi connectivity index (χ0) is 12.6. The second-order valence-electron chi connectivity index (χ2n) is 3.47. The molecule has 0 unspecified atom stereocenters. The maximum Gasteiger partial charge on any atom is 0.0404 e. The van der Waals surface area contributed by atoms with E-state index in [9.17, 15) is 0 Å². The van der Waals surface area contributed by atoms with Crippen LogP contribution < -0.4 is 0 Å². The number of hydrogen-bond donors (Lipinski definition) is 0. The molecule has 0 fully saturated rings. The highest BCUT2D eigenvalue weighted by molar-refractivity contribution is 5.29. The Hall–Kier alpha value is -0.890. The van der Waals surface area contributed by atoms with E-state index >= 15 is 0 Å². The molecule has 1 aliphatic heterocycles. The van der Waals surface area contributed by atoms with Gasteiger partial charge in [-0.2, -0.15) is 0 Å². The van der Waals surface area contributed by atoms with Crippen molar-refractivity contribution >= 4 is 0 Å². The molecule has 0 N–H and O–H groups in total. The quantitative estimate of drug-likeness (QED) is 0.721. The number of rotatable bonds is 1. The summed E-state index contributed by atoms with van der Waals surface area (Å²) >= 11 is 0. The molecule has 0 radical (unpaired) electrons. The summed E-state index contributed by atoms with van der Waals surface area (Å²) in [5, 5.41) is 0. The fourth-order valence-electron chi connectivity index (χ4n) is 1.70. The Morgan fingerprint density at radius 1 is 1.12 bits per heavy atom. The zero-order valence-corrected chi connectivity index (χ0v) is 11.7. The maximum absolute atomic E-state index is 4.38. The van der Waals surface area contributed by atoms with Gasteiger partial charge in [0, 0.05) is 25.0 Å². The van der Waals surface area contributed by atoms with Crippen molar-refractivity contribution in [3.63, 3.8) is 0 Å². The van der Waals surface area contributed by atoms with E-state index in [1.54, 1.807) is 0 Å². The minimum atomic E-state index is 1.04. The zero-order valence-electron chi connectivity index (χ0n) is 11.7. The van der Waals surface area contributed by atoms with Crippen molar-refractivity contribution in [3.8, 4) is 0 Å². The Labute approximate surface area is 101 Å². The van der Waals surface area contributed by atoms with E-state index in [0.717, 1.165) is 19.5 Å². The van der Waals surface area contributed by atoms with E-state index in [1.807, 2.05) is 33.9 Å². The SMILES string of the molecule is CC.CC.CCc1cc2c(cn1)CN(C)C2. The lowest BCUT2D eigenvalue weighted by atomic mass is 10.1. The molecule has 1 aliphatic rings. The molecule has 16 heavy (non-hydrogen) atoms. The van der Waals surface area contributed by atoms with Gasteiger partial charge in [-0.25, -0.2) is 0 Å². The predicted octanol–water partition coefficient (Wildman–Crippen LogP) is 3.64. The molecule has 0 aliphatic carbocycles. The first-order chi connectivity index (χ1) is 7.79. The molecule has 92 valence electrons. The number of fused-ring (bicyclic) bond motifs is 1.